The van der Waals surface area contributed by atoms with E-state index >= 15 is 0 Å². The SMILES string of the molecule is C#Cc1cnc(OC[C@H]2NC(=O)[C@@H](F)C2CC)c2cc3snc(N)c3cc12. The van der Waals surface area contributed by atoms with Crippen LogP contribution < -0.4 is 15.8 Å². The highest BCUT2D eigenvalue weighted by Crippen LogP contribution is 2.35. The van der Waals surface area contributed by atoms with E-state index in [1.807, 2.05) is 19.1 Å². The Morgan fingerprint density at radius 2 is 2.22 bits per heavy atom. The second kappa shape index (κ2) is 6.67. The Hall–Kier alpha value is -2.92. The third-order valence-electron chi connectivity index (χ3n) is 4.97. The van der Waals surface area contributed by atoms with E-state index in [0.717, 1.165) is 20.9 Å². The van der Waals surface area contributed by atoms with Gasteiger partial charge in [0, 0.05) is 28.3 Å². The molecule has 138 valence electrons. The predicted molar refractivity (Wildman–Crippen MR) is 103 cm³/mol. The fourth-order valence-electron chi connectivity index (χ4n) is 3.49. The number of hydrogen-bond donors (Lipinski definition) is 2. The van der Waals surface area contributed by atoms with Gasteiger partial charge in [-0.25, -0.2) is 9.37 Å². The maximum Gasteiger partial charge on any atom is 0.255 e. The number of alkyl halides is 1. The summed E-state index contributed by atoms with van der Waals surface area (Å²) in [6, 6.07) is 3.38. The molecule has 2 aromatic heterocycles. The third kappa shape index (κ3) is 2.84. The molecule has 1 amide bonds. The van der Waals surface area contributed by atoms with Crippen LogP contribution in [0.1, 0.15) is 18.9 Å². The molecule has 3 N–H and O–H groups in total. The number of ether oxygens (including phenoxy) is 1. The van der Waals surface area contributed by atoms with Gasteiger partial charge in [-0.15, -0.1) is 6.42 Å². The molecule has 0 spiro atoms. The summed E-state index contributed by atoms with van der Waals surface area (Å²) in [5.41, 5.74) is 6.54. The minimum Gasteiger partial charge on any atom is -0.475 e. The summed E-state index contributed by atoms with van der Waals surface area (Å²) in [6.07, 6.45) is 6.19. The van der Waals surface area contributed by atoms with E-state index in [4.69, 9.17) is 16.9 Å². The van der Waals surface area contributed by atoms with Crippen molar-refractivity contribution in [2.45, 2.75) is 25.6 Å². The molecule has 3 atom stereocenters. The number of halogens is 1. The molecule has 6 nitrogen and oxygen atoms in total. The van der Waals surface area contributed by atoms with E-state index in [2.05, 4.69) is 20.6 Å². The lowest BCUT2D eigenvalue weighted by atomic mass is 9.97. The molecule has 8 heteroatoms. The van der Waals surface area contributed by atoms with Crippen molar-refractivity contribution >= 4 is 44.1 Å². The number of fused-ring (bicyclic) bond motifs is 2. The number of hydrogen-bond acceptors (Lipinski definition) is 6. The lowest BCUT2D eigenvalue weighted by Gasteiger charge is -2.19. The number of amides is 1. The number of nitrogen functional groups attached to an aromatic ring is 1. The van der Waals surface area contributed by atoms with Crippen molar-refractivity contribution in [3.8, 4) is 18.2 Å². The maximum absolute atomic E-state index is 14.0. The number of anilines is 1. The number of benzene rings is 1. The Balaban J connectivity index is 1.71. The number of nitrogens with zero attached hydrogens (tertiary/aromatic N) is 2. The van der Waals surface area contributed by atoms with Gasteiger partial charge in [-0.1, -0.05) is 12.8 Å². The Labute approximate surface area is 159 Å². The zero-order chi connectivity index (χ0) is 19.1. The summed E-state index contributed by atoms with van der Waals surface area (Å²) in [5.74, 6) is 2.45. The first-order chi connectivity index (χ1) is 13.0. The summed E-state index contributed by atoms with van der Waals surface area (Å²) in [5, 5.41) is 5.00. The summed E-state index contributed by atoms with van der Waals surface area (Å²) in [4.78, 5) is 15.9. The van der Waals surface area contributed by atoms with Gasteiger partial charge in [0.1, 0.15) is 12.4 Å². The highest BCUT2D eigenvalue weighted by molar-refractivity contribution is 7.13. The van der Waals surface area contributed by atoms with Crippen LogP contribution >= 0.6 is 11.5 Å². The molecular formula is C19H17FN4O2S. The quantitative estimate of drug-likeness (QED) is 0.675. The highest BCUT2D eigenvalue weighted by Gasteiger charge is 2.41. The number of pyridine rings is 1. The number of terminal acetylenes is 1. The van der Waals surface area contributed by atoms with E-state index in [-0.39, 0.29) is 6.61 Å². The Morgan fingerprint density at radius 1 is 1.41 bits per heavy atom. The normalized spacial score (nSPS) is 22.1. The predicted octanol–water partition coefficient (Wildman–Crippen LogP) is 2.65. The van der Waals surface area contributed by atoms with Crippen LogP contribution in [0.3, 0.4) is 0 Å². The van der Waals surface area contributed by atoms with Crippen LogP contribution in [0, 0.1) is 18.3 Å². The van der Waals surface area contributed by atoms with Gasteiger partial charge in [0.25, 0.3) is 5.91 Å². The van der Waals surface area contributed by atoms with Crippen LogP contribution in [-0.4, -0.2) is 34.1 Å². The van der Waals surface area contributed by atoms with Gasteiger partial charge in [0.05, 0.1) is 16.3 Å². The Kier molecular flexibility index (Phi) is 4.32. The van der Waals surface area contributed by atoms with E-state index in [9.17, 15) is 9.18 Å². The van der Waals surface area contributed by atoms with Gasteiger partial charge in [0.2, 0.25) is 5.88 Å². The molecular weight excluding hydrogens is 367 g/mol. The number of carbonyl (C=O) groups is 1. The second-order valence-electron chi connectivity index (χ2n) is 6.48. The topological polar surface area (TPSA) is 90.1 Å². The molecule has 0 aliphatic carbocycles. The summed E-state index contributed by atoms with van der Waals surface area (Å²) in [6.45, 7) is 1.98. The van der Waals surface area contributed by atoms with Gasteiger partial charge in [-0.2, -0.15) is 4.37 Å². The molecule has 4 rings (SSSR count). The average molecular weight is 384 g/mol. The van der Waals surface area contributed by atoms with Crippen LogP contribution in [0.2, 0.25) is 0 Å². The zero-order valence-corrected chi connectivity index (χ0v) is 15.3. The van der Waals surface area contributed by atoms with Gasteiger partial charge < -0.3 is 15.8 Å². The minimum atomic E-state index is -1.50. The van der Waals surface area contributed by atoms with Crippen LogP contribution in [0.5, 0.6) is 5.88 Å². The molecule has 27 heavy (non-hydrogen) atoms. The van der Waals surface area contributed by atoms with Gasteiger partial charge in [-0.05, 0) is 30.1 Å². The van der Waals surface area contributed by atoms with Crippen molar-refractivity contribution in [2.24, 2.45) is 5.92 Å². The second-order valence-corrected chi connectivity index (χ2v) is 7.29. The van der Waals surface area contributed by atoms with Crippen molar-refractivity contribution < 1.29 is 13.9 Å². The number of aromatic nitrogens is 2. The number of nitrogens with two attached hydrogens (primary N) is 1. The standard InChI is InChI=1S/C19H17FN4O2S/c1-3-9-7-22-19(26-8-14-10(4-2)16(20)18(25)23-14)12-6-15-13(5-11(9)12)17(21)24-27-15/h1,5-7,10,14,16H,4,8H2,2H3,(H2,21,24)(H,23,25)/t10?,14-,16+/m1/s1. The van der Waals surface area contributed by atoms with Gasteiger partial charge >= 0.3 is 0 Å². The molecule has 0 radical (unpaired) electrons. The van der Waals surface area contributed by atoms with Crippen molar-refractivity contribution in [3.63, 3.8) is 0 Å². The molecule has 1 saturated heterocycles. The van der Waals surface area contributed by atoms with E-state index in [1.54, 1.807) is 6.20 Å². The molecule has 3 heterocycles. The van der Waals surface area contributed by atoms with Crippen molar-refractivity contribution in [2.75, 3.05) is 12.3 Å². The largest absolute Gasteiger partial charge is 0.475 e. The fraction of sp³-hybridized carbons (Fsp3) is 0.316. The molecule has 1 unspecified atom stereocenters. The molecule has 1 fully saturated rings. The lowest BCUT2D eigenvalue weighted by Crippen LogP contribution is -2.34. The Morgan fingerprint density at radius 3 is 2.96 bits per heavy atom. The summed E-state index contributed by atoms with van der Waals surface area (Å²) >= 11 is 1.28. The van der Waals surface area contributed by atoms with E-state index in [1.165, 1.54) is 11.5 Å². The third-order valence-corrected chi connectivity index (χ3v) is 5.79. The van der Waals surface area contributed by atoms with Crippen molar-refractivity contribution in [1.29, 1.82) is 0 Å². The number of rotatable bonds is 4. The average Bonchev–Trinajstić information content (AvgIpc) is 3.17. The maximum atomic E-state index is 14.0. The van der Waals surface area contributed by atoms with E-state index < -0.39 is 24.0 Å². The summed E-state index contributed by atoms with van der Waals surface area (Å²) < 4.78 is 24.9. The minimum absolute atomic E-state index is 0.130. The molecule has 0 saturated carbocycles. The molecule has 0 bridgehead atoms. The molecule has 1 aromatic carbocycles. The molecule has 1 aliphatic rings. The molecule has 3 aromatic rings. The summed E-state index contributed by atoms with van der Waals surface area (Å²) in [7, 11) is 0. The van der Waals surface area contributed by atoms with Crippen molar-refractivity contribution in [1.82, 2.24) is 14.7 Å². The fourth-order valence-corrected chi connectivity index (χ4v) is 4.22. The monoisotopic (exact) mass is 384 g/mol. The molecule has 1 aliphatic heterocycles. The van der Waals surface area contributed by atoms with Crippen LogP contribution in [0.4, 0.5) is 10.2 Å². The van der Waals surface area contributed by atoms with Gasteiger partial charge in [-0.3, -0.25) is 4.79 Å². The van der Waals surface area contributed by atoms with Crippen LogP contribution in [0.25, 0.3) is 20.9 Å². The number of nitrogens with one attached hydrogen (secondary N) is 1. The van der Waals surface area contributed by atoms with Gasteiger partial charge in [0.15, 0.2) is 6.17 Å². The highest BCUT2D eigenvalue weighted by atomic mass is 32.1. The van der Waals surface area contributed by atoms with Crippen LogP contribution in [-0.2, 0) is 4.79 Å². The lowest BCUT2D eigenvalue weighted by molar-refractivity contribution is -0.123. The van der Waals surface area contributed by atoms with Crippen LogP contribution in [0.15, 0.2) is 18.3 Å². The van der Waals surface area contributed by atoms with E-state index in [0.29, 0.717) is 23.7 Å². The smallest absolute Gasteiger partial charge is 0.255 e. The first-order valence-corrected chi connectivity index (χ1v) is 9.32. The van der Waals surface area contributed by atoms with Crippen molar-refractivity contribution in [3.05, 3.63) is 23.9 Å². The Bertz CT molecular complexity index is 1090. The zero-order valence-electron chi connectivity index (χ0n) is 14.5. The number of carbonyl (C=O) groups excluding carboxylic acids is 1. The first kappa shape index (κ1) is 17.5. The first-order valence-electron chi connectivity index (χ1n) is 8.55.